The monoisotopic (exact) mass is 384 g/mol. The van der Waals surface area contributed by atoms with Crippen LogP contribution in [0, 0.1) is 13.8 Å². The van der Waals surface area contributed by atoms with E-state index in [-0.39, 0.29) is 0 Å². The fraction of sp³-hybridized carbons (Fsp3) is 0.200. The molecule has 3 aromatic rings. The van der Waals surface area contributed by atoms with Gasteiger partial charge in [0.25, 0.3) is 0 Å². The molecule has 0 unspecified atom stereocenters. The van der Waals surface area contributed by atoms with E-state index in [0.29, 0.717) is 34.0 Å². The summed E-state index contributed by atoms with van der Waals surface area (Å²) in [5.41, 5.74) is 4.08. The highest BCUT2D eigenvalue weighted by molar-refractivity contribution is 6.32. The molecule has 0 amide bonds. The summed E-state index contributed by atoms with van der Waals surface area (Å²) < 4.78 is 10.6. The number of nitrogens with one attached hydrogen (secondary N) is 2. The molecule has 0 saturated carbocycles. The first-order valence-corrected chi connectivity index (χ1v) is 8.74. The Kier molecular flexibility index (Phi) is 5.66. The maximum atomic E-state index is 6.15. The van der Waals surface area contributed by atoms with E-state index < -0.39 is 0 Å². The molecule has 0 bridgehead atoms. The van der Waals surface area contributed by atoms with Gasteiger partial charge >= 0.3 is 0 Å². The van der Waals surface area contributed by atoms with Crippen LogP contribution in [-0.2, 0) is 0 Å². The van der Waals surface area contributed by atoms with Gasteiger partial charge in [-0.2, -0.15) is 4.98 Å². The third-order valence-corrected chi connectivity index (χ3v) is 4.45. The number of nitrogens with zero attached hydrogens (tertiary/aromatic N) is 2. The Balaban J connectivity index is 1.85. The summed E-state index contributed by atoms with van der Waals surface area (Å²) in [4.78, 5) is 8.78. The summed E-state index contributed by atoms with van der Waals surface area (Å²) >= 11 is 6.15. The molecular formula is C20H21ClN4O2. The van der Waals surface area contributed by atoms with E-state index in [0.717, 1.165) is 5.69 Å². The topological polar surface area (TPSA) is 68.3 Å². The Morgan fingerprint density at radius 2 is 1.67 bits per heavy atom. The van der Waals surface area contributed by atoms with Gasteiger partial charge in [0, 0.05) is 24.0 Å². The Hall–Kier alpha value is -2.99. The Bertz CT molecular complexity index is 963. The molecule has 0 fully saturated rings. The molecule has 3 rings (SSSR count). The predicted molar refractivity (Wildman–Crippen MR) is 109 cm³/mol. The van der Waals surface area contributed by atoms with Crippen molar-refractivity contribution in [1.29, 1.82) is 0 Å². The van der Waals surface area contributed by atoms with E-state index in [4.69, 9.17) is 21.1 Å². The first-order valence-electron chi connectivity index (χ1n) is 8.36. The largest absolute Gasteiger partial charge is 0.495 e. The molecule has 1 aromatic heterocycles. The molecular weight excluding hydrogens is 364 g/mol. The quantitative estimate of drug-likeness (QED) is 0.604. The van der Waals surface area contributed by atoms with Gasteiger partial charge in [-0.25, -0.2) is 4.98 Å². The van der Waals surface area contributed by atoms with Crippen molar-refractivity contribution < 1.29 is 9.47 Å². The van der Waals surface area contributed by atoms with Crippen LogP contribution in [-0.4, -0.2) is 24.2 Å². The molecule has 0 atom stereocenters. The number of rotatable bonds is 6. The van der Waals surface area contributed by atoms with Gasteiger partial charge in [0.2, 0.25) is 5.95 Å². The van der Waals surface area contributed by atoms with Gasteiger partial charge < -0.3 is 20.1 Å². The third-order valence-electron chi connectivity index (χ3n) is 4.16. The first-order chi connectivity index (χ1) is 13.0. The lowest BCUT2D eigenvalue weighted by Gasteiger charge is -2.14. The van der Waals surface area contributed by atoms with Gasteiger partial charge in [-0.05, 0) is 43.2 Å². The normalized spacial score (nSPS) is 10.4. The highest BCUT2D eigenvalue weighted by Crippen LogP contribution is 2.37. The minimum atomic E-state index is 0.423. The maximum Gasteiger partial charge on any atom is 0.229 e. The first kappa shape index (κ1) is 18.8. The number of benzene rings is 2. The van der Waals surface area contributed by atoms with E-state index in [1.165, 1.54) is 11.1 Å². The van der Waals surface area contributed by atoms with Crippen LogP contribution in [0.3, 0.4) is 0 Å². The zero-order valence-corrected chi connectivity index (χ0v) is 16.4. The highest BCUT2D eigenvalue weighted by Gasteiger charge is 2.11. The van der Waals surface area contributed by atoms with Crippen LogP contribution in [0.15, 0.2) is 42.6 Å². The SMILES string of the molecule is COc1cc(Nc2nccc(Nc3ccc(C)c(C)c3)n2)c(OC)cc1Cl. The van der Waals surface area contributed by atoms with Gasteiger partial charge in [0.05, 0.1) is 24.9 Å². The summed E-state index contributed by atoms with van der Waals surface area (Å²) in [6.07, 6.45) is 1.68. The van der Waals surface area contributed by atoms with Crippen molar-refractivity contribution in [1.82, 2.24) is 9.97 Å². The molecule has 6 nitrogen and oxygen atoms in total. The van der Waals surface area contributed by atoms with Crippen LogP contribution in [0.25, 0.3) is 0 Å². The lowest BCUT2D eigenvalue weighted by molar-refractivity contribution is 0.405. The van der Waals surface area contributed by atoms with Crippen LogP contribution in [0.2, 0.25) is 5.02 Å². The van der Waals surface area contributed by atoms with Crippen molar-refractivity contribution in [2.24, 2.45) is 0 Å². The second-order valence-electron chi connectivity index (χ2n) is 6.00. The smallest absolute Gasteiger partial charge is 0.229 e. The van der Waals surface area contributed by atoms with Gasteiger partial charge in [0.1, 0.15) is 17.3 Å². The molecule has 7 heteroatoms. The molecule has 0 aliphatic heterocycles. The van der Waals surface area contributed by atoms with Crippen LogP contribution in [0.5, 0.6) is 11.5 Å². The van der Waals surface area contributed by atoms with Gasteiger partial charge in [-0.1, -0.05) is 17.7 Å². The number of hydrogen-bond acceptors (Lipinski definition) is 6. The van der Waals surface area contributed by atoms with Crippen LogP contribution in [0.1, 0.15) is 11.1 Å². The number of aryl methyl sites for hydroxylation is 2. The maximum absolute atomic E-state index is 6.15. The molecule has 0 saturated heterocycles. The molecule has 0 radical (unpaired) electrons. The Labute approximate surface area is 163 Å². The number of anilines is 4. The Morgan fingerprint density at radius 1 is 0.889 bits per heavy atom. The lowest BCUT2D eigenvalue weighted by atomic mass is 10.1. The second-order valence-corrected chi connectivity index (χ2v) is 6.41. The van der Waals surface area contributed by atoms with Crippen molar-refractivity contribution >= 4 is 34.7 Å². The van der Waals surface area contributed by atoms with Gasteiger partial charge in [-0.15, -0.1) is 0 Å². The van der Waals surface area contributed by atoms with Crippen molar-refractivity contribution in [2.75, 3.05) is 24.9 Å². The van der Waals surface area contributed by atoms with E-state index in [1.807, 2.05) is 6.07 Å². The molecule has 0 spiro atoms. The van der Waals surface area contributed by atoms with E-state index in [2.05, 4.69) is 46.6 Å². The summed E-state index contributed by atoms with van der Waals surface area (Å²) in [5.74, 6) is 2.20. The average Bonchev–Trinajstić information content (AvgIpc) is 2.66. The predicted octanol–water partition coefficient (Wildman–Crippen LogP) is 5.25. The number of halogens is 1. The van der Waals surface area contributed by atoms with Gasteiger partial charge in [-0.3, -0.25) is 0 Å². The van der Waals surface area contributed by atoms with E-state index >= 15 is 0 Å². The van der Waals surface area contributed by atoms with Crippen molar-refractivity contribution in [3.8, 4) is 11.5 Å². The van der Waals surface area contributed by atoms with Crippen LogP contribution >= 0.6 is 11.6 Å². The summed E-state index contributed by atoms with van der Waals surface area (Å²) in [5, 5.41) is 6.90. The highest BCUT2D eigenvalue weighted by atomic mass is 35.5. The second kappa shape index (κ2) is 8.14. The van der Waals surface area contributed by atoms with Crippen LogP contribution in [0.4, 0.5) is 23.1 Å². The zero-order chi connectivity index (χ0) is 19.4. The van der Waals surface area contributed by atoms with Crippen molar-refractivity contribution in [3.05, 3.63) is 58.7 Å². The molecule has 140 valence electrons. The number of aromatic nitrogens is 2. The summed E-state index contributed by atoms with van der Waals surface area (Å²) in [6, 6.07) is 11.4. The van der Waals surface area contributed by atoms with Crippen LogP contribution < -0.4 is 20.1 Å². The van der Waals surface area contributed by atoms with Crippen molar-refractivity contribution in [2.45, 2.75) is 13.8 Å². The van der Waals surface area contributed by atoms with Gasteiger partial charge in [0.15, 0.2) is 0 Å². The number of methoxy groups -OCH3 is 2. The molecule has 1 heterocycles. The molecule has 0 aliphatic carbocycles. The lowest BCUT2D eigenvalue weighted by Crippen LogP contribution is -2.02. The van der Waals surface area contributed by atoms with E-state index in [9.17, 15) is 0 Å². The summed E-state index contributed by atoms with van der Waals surface area (Å²) in [7, 11) is 3.13. The van der Waals surface area contributed by atoms with Crippen molar-refractivity contribution in [3.63, 3.8) is 0 Å². The van der Waals surface area contributed by atoms with E-state index in [1.54, 1.807) is 38.6 Å². The molecule has 2 N–H and O–H groups in total. The average molecular weight is 385 g/mol. The molecule has 2 aromatic carbocycles. The Morgan fingerprint density at radius 3 is 2.37 bits per heavy atom. The summed E-state index contributed by atoms with van der Waals surface area (Å²) in [6.45, 7) is 4.16. The number of ether oxygens (including phenoxy) is 2. The zero-order valence-electron chi connectivity index (χ0n) is 15.6. The standard InChI is InChI=1S/C20H21ClN4O2/c1-12-5-6-14(9-13(12)2)23-19-7-8-22-20(25-19)24-16-11-17(26-3)15(21)10-18(16)27-4/h5-11H,1-4H3,(H2,22,23,24,25). The minimum Gasteiger partial charge on any atom is -0.495 e. The third kappa shape index (κ3) is 4.41. The fourth-order valence-corrected chi connectivity index (χ4v) is 2.76. The minimum absolute atomic E-state index is 0.423. The number of hydrogen-bond donors (Lipinski definition) is 2. The molecule has 27 heavy (non-hydrogen) atoms. The fourth-order valence-electron chi connectivity index (χ4n) is 2.53. The molecule has 0 aliphatic rings.